The van der Waals surface area contributed by atoms with Gasteiger partial charge in [0.2, 0.25) is 11.8 Å². The Morgan fingerprint density at radius 3 is 2.33 bits per heavy atom. The number of aromatic nitrogens is 1. The minimum Gasteiger partial charge on any atom is -0.478 e. The number of aryl methyl sites for hydroxylation is 1. The summed E-state index contributed by atoms with van der Waals surface area (Å²) in [5, 5.41) is 13.1. The van der Waals surface area contributed by atoms with Gasteiger partial charge < -0.3 is 19.9 Å². The molecule has 0 saturated carbocycles. The van der Waals surface area contributed by atoms with Crippen molar-refractivity contribution in [2.75, 3.05) is 13.6 Å². The van der Waals surface area contributed by atoms with Crippen molar-refractivity contribution in [2.45, 2.75) is 59.4 Å². The molecule has 1 aromatic carbocycles. The highest BCUT2D eigenvalue weighted by Crippen LogP contribution is 2.34. The summed E-state index contributed by atoms with van der Waals surface area (Å²) in [4.78, 5) is 38.8. The lowest BCUT2D eigenvalue weighted by Crippen LogP contribution is -2.54. The van der Waals surface area contributed by atoms with Gasteiger partial charge >= 0.3 is 5.97 Å². The molecule has 2 aromatic rings. The van der Waals surface area contributed by atoms with Gasteiger partial charge in [-0.3, -0.25) is 9.59 Å². The highest BCUT2D eigenvalue weighted by atomic mass is 16.4. The van der Waals surface area contributed by atoms with Gasteiger partial charge in [-0.05, 0) is 24.0 Å². The molecular weight excluding hydrogens is 418 g/mol. The summed E-state index contributed by atoms with van der Waals surface area (Å²) in [5.41, 5.74) is 1.40. The fourth-order valence-corrected chi connectivity index (χ4v) is 3.91. The molecule has 33 heavy (non-hydrogen) atoms. The van der Waals surface area contributed by atoms with Gasteiger partial charge in [-0.2, -0.15) is 0 Å². The number of likely N-dealkylation sites (N-methyl/N-ethyl adjacent to an activating group) is 1. The van der Waals surface area contributed by atoms with Crippen molar-refractivity contribution < 1.29 is 19.5 Å². The third-order valence-electron chi connectivity index (χ3n) is 6.03. The lowest BCUT2D eigenvalue weighted by atomic mass is 9.80. The predicted octanol–water partition coefficient (Wildman–Crippen LogP) is 3.87. The van der Waals surface area contributed by atoms with Gasteiger partial charge in [0.1, 0.15) is 6.04 Å². The van der Waals surface area contributed by atoms with Crippen molar-refractivity contribution in [3.63, 3.8) is 0 Å². The zero-order chi connectivity index (χ0) is 25.1. The minimum atomic E-state index is -1.02. The van der Waals surface area contributed by atoms with E-state index in [9.17, 15) is 14.4 Å². The SMILES string of the molecule is C/C(=C\CN(C)C(=O)C(NC(=O)CC(C)(C)c1cn(C)c2ccccc12)C(C)(C)C)C(=O)O. The van der Waals surface area contributed by atoms with Gasteiger partial charge in [0.05, 0.1) is 0 Å². The van der Waals surface area contributed by atoms with Crippen LogP contribution in [0.15, 0.2) is 42.1 Å². The molecule has 0 fully saturated rings. The Morgan fingerprint density at radius 1 is 1.15 bits per heavy atom. The largest absolute Gasteiger partial charge is 0.478 e. The van der Waals surface area contributed by atoms with E-state index in [0.29, 0.717) is 0 Å². The number of hydrogen-bond acceptors (Lipinski definition) is 3. The third-order valence-corrected chi connectivity index (χ3v) is 6.03. The Labute approximate surface area is 196 Å². The first-order chi connectivity index (χ1) is 15.1. The molecule has 1 heterocycles. The number of rotatable bonds is 8. The molecule has 0 saturated heterocycles. The molecule has 1 unspecified atom stereocenters. The second-order valence-electron chi connectivity index (χ2n) is 10.5. The molecule has 0 aliphatic rings. The molecule has 7 heteroatoms. The van der Waals surface area contributed by atoms with E-state index in [1.807, 2.05) is 53.8 Å². The molecular formula is C26H37N3O4. The Balaban J connectivity index is 2.20. The van der Waals surface area contributed by atoms with Crippen molar-refractivity contribution in [3.8, 4) is 0 Å². The lowest BCUT2D eigenvalue weighted by Gasteiger charge is -2.34. The smallest absolute Gasteiger partial charge is 0.331 e. The van der Waals surface area contributed by atoms with Gasteiger partial charge in [0.25, 0.3) is 0 Å². The monoisotopic (exact) mass is 455 g/mol. The first kappa shape index (κ1) is 26.2. The molecule has 7 nitrogen and oxygen atoms in total. The van der Waals surface area contributed by atoms with Crippen LogP contribution in [0.4, 0.5) is 0 Å². The molecule has 2 N–H and O–H groups in total. The van der Waals surface area contributed by atoms with E-state index in [4.69, 9.17) is 5.11 Å². The average Bonchev–Trinajstić information content (AvgIpc) is 3.06. The van der Waals surface area contributed by atoms with Crippen LogP contribution in [0.25, 0.3) is 10.9 Å². The number of nitrogens with zero attached hydrogens (tertiary/aromatic N) is 2. The number of fused-ring (bicyclic) bond motifs is 1. The summed E-state index contributed by atoms with van der Waals surface area (Å²) < 4.78 is 2.06. The van der Waals surface area contributed by atoms with Crippen LogP contribution in [-0.2, 0) is 26.8 Å². The van der Waals surface area contributed by atoms with Crippen LogP contribution in [0.2, 0.25) is 0 Å². The predicted molar refractivity (Wildman–Crippen MR) is 131 cm³/mol. The van der Waals surface area contributed by atoms with Crippen molar-refractivity contribution in [3.05, 3.63) is 47.7 Å². The number of hydrogen-bond donors (Lipinski definition) is 2. The number of para-hydroxylation sites is 1. The molecule has 0 aliphatic carbocycles. The molecule has 2 amide bonds. The molecule has 1 atom stereocenters. The van der Waals surface area contributed by atoms with Crippen LogP contribution in [0.1, 0.15) is 53.5 Å². The van der Waals surface area contributed by atoms with Crippen LogP contribution in [0, 0.1) is 5.41 Å². The molecule has 0 aliphatic heterocycles. The number of carbonyl (C=O) groups excluding carboxylic acids is 2. The molecule has 2 rings (SSSR count). The molecule has 180 valence electrons. The summed E-state index contributed by atoms with van der Waals surface area (Å²) in [6, 6.07) is 7.37. The van der Waals surface area contributed by atoms with Crippen LogP contribution in [-0.4, -0.2) is 52.0 Å². The van der Waals surface area contributed by atoms with E-state index >= 15 is 0 Å². The Morgan fingerprint density at radius 2 is 1.76 bits per heavy atom. The van der Waals surface area contributed by atoms with E-state index in [2.05, 4.69) is 28.2 Å². The number of carboxylic acids is 1. The second kappa shape index (κ2) is 9.81. The first-order valence-electron chi connectivity index (χ1n) is 11.1. The highest BCUT2D eigenvalue weighted by molar-refractivity contribution is 5.90. The molecule has 0 bridgehead atoms. The quantitative estimate of drug-likeness (QED) is 0.591. The normalized spacial score (nSPS) is 13.6. The summed E-state index contributed by atoms with van der Waals surface area (Å²) in [6.45, 7) is 11.4. The summed E-state index contributed by atoms with van der Waals surface area (Å²) in [6.07, 6.45) is 3.78. The maximum absolute atomic E-state index is 13.2. The Hall–Kier alpha value is -3.09. The van der Waals surface area contributed by atoms with Gasteiger partial charge in [-0.15, -0.1) is 0 Å². The van der Waals surface area contributed by atoms with Crippen LogP contribution in [0.3, 0.4) is 0 Å². The second-order valence-corrected chi connectivity index (χ2v) is 10.5. The topological polar surface area (TPSA) is 91.6 Å². The van der Waals surface area contributed by atoms with E-state index in [1.54, 1.807) is 7.05 Å². The van der Waals surface area contributed by atoms with E-state index in [-0.39, 0.29) is 30.4 Å². The van der Waals surface area contributed by atoms with Gasteiger partial charge in [-0.1, -0.05) is 58.9 Å². The van der Waals surface area contributed by atoms with Crippen molar-refractivity contribution in [1.82, 2.24) is 14.8 Å². The fourth-order valence-electron chi connectivity index (χ4n) is 3.91. The fraction of sp³-hybridized carbons (Fsp3) is 0.500. The van der Waals surface area contributed by atoms with E-state index < -0.39 is 22.8 Å². The van der Waals surface area contributed by atoms with Gasteiger partial charge in [0.15, 0.2) is 0 Å². The Kier molecular flexibility index (Phi) is 7.78. The molecule has 0 spiro atoms. The van der Waals surface area contributed by atoms with Crippen LogP contribution >= 0.6 is 0 Å². The number of amides is 2. The maximum atomic E-state index is 13.2. The zero-order valence-corrected chi connectivity index (χ0v) is 21.0. The standard InChI is InChI=1S/C26H37N3O4/c1-17(24(32)33)13-14-28(7)23(31)22(25(2,3)4)27-21(30)15-26(5,6)19-16-29(8)20-12-10-9-11-18(19)20/h9-13,16,22H,14-15H2,1-8H3,(H,27,30)(H,32,33)/b17-13+. The summed E-state index contributed by atoms with van der Waals surface area (Å²) >= 11 is 0. The lowest BCUT2D eigenvalue weighted by molar-refractivity contribution is -0.138. The van der Waals surface area contributed by atoms with Gasteiger partial charge in [-0.25, -0.2) is 4.79 Å². The third kappa shape index (κ3) is 6.24. The Bertz CT molecular complexity index is 1070. The van der Waals surface area contributed by atoms with Crippen molar-refractivity contribution in [1.29, 1.82) is 0 Å². The number of benzene rings is 1. The summed E-state index contributed by atoms with van der Waals surface area (Å²) in [7, 11) is 3.60. The number of aliphatic carboxylic acids is 1. The average molecular weight is 456 g/mol. The van der Waals surface area contributed by atoms with Crippen molar-refractivity contribution in [2.24, 2.45) is 12.5 Å². The van der Waals surface area contributed by atoms with Crippen LogP contribution in [0.5, 0.6) is 0 Å². The maximum Gasteiger partial charge on any atom is 0.331 e. The number of carboxylic acid groups (broad SMARTS) is 1. The van der Waals surface area contributed by atoms with E-state index in [1.165, 1.54) is 17.9 Å². The highest BCUT2D eigenvalue weighted by Gasteiger charge is 2.36. The first-order valence-corrected chi connectivity index (χ1v) is 11.1. The van der Waals surface area contributed by atoms with Crippen molar-refractivity contribution >= 4 is 28.7 Å². The summed E-state index contributed by atoms with van der Waals surface area (Å²) in [5.74, 6) is -1.48. The molecule has 0 radical (unpaired) electrons. The minimum absolute atomic E-state index is 0.154. The van der Waals surface area contributed by atoms with Crippen LogP contribution < -0.4 is 5.32 Å². The zero-order valence-electron chi connectivity index (χ0n) is 21.0. The van der Waals surface area contributed by atoms with E-state index in [0.717, 1.165) is 16.5 Å². The number of nitrogens with one attached hydrogen (secondary N) is 1. The number of carbonyl (C=O) groups is 3. The molecule has 1 aromatic heterocycles. The van der Waals surface area contributed by atoms with Gasteiger partial charge in [0, 0.05) is 55.1 Å².